The molecule has 0 saturated heterocycles. The molecule has 1 heterocycles. The molecule has 4 nitrogen and oxygen atoms in total. The van der Waals surface area contributed by atoms with E-state index in [2.05, 4.69) is 42.2 Å². The average molecular weight is 394 g/mol. The van der Waals surface area contributed by atoms with Gasteiger partial charge in [0.15, 0.2) is 0 Å². The second-order valence-corrected chi connectivity index (χ2v) is 5.97. The molecule has 0 spiro atoms. The molecule has 1 aromatic heterocycles. The van der Waals surface area contributed by atoms with Gasteiger partial charge in [0, 0.05) is 17.5 Å². The highest BCUT2D eigenvalue weighted by Crippen LogP contribution is 2.29. The molecule has 0 bridgehead atoms. The maximum atomic E-state index is 5.89. The number of rotatable bonds is 5. The predicted molar refractivity (Wildman–Crippen MR) is 115 cm³/mol. The fraction of sp³-hybridized carbons (Fsp3) is 0.250. The lowest BCUT2D eigenvalue weighted by atomic mass is 9.99. The number of halogens is 2. The van der Waals surface area contributed by atoms with Crippen LogP contribution in [0, 0.1) is 6.92 Å². The summed E-state index contributed by atoms with van der Waals surface area (Å²) in [6, 6.07) is 14.3. The van der Waals surface area contributed by atoms with Gasteiger partial charge in [-0.05, 0) is 54.3 Å². The predicted octanol–water partition coefficient (Wildman–Crippen LogP) is 4.88. The van der Waals surface area contributed by atoms with Crippen LogP contribution in [0.4, 0.5) is 5.82 Å². The molecule has 0 saturated carbocycles. The van der Waals surface area contributed by atoms with E-state index in [4.69, 9.17) is 16.2 Å². The molecule has 6 heteroatoms. The first-order chi connectivity index (χ1) is 11.6. The van der Waals surface area contributed by atoms with Gasteiger partial charge in [-0.25, -0.2) is 4.98 Å². The minimum atomic E-state index is 0. The number of fused-ring (bicyclic) bond motifs is 1. The van der Waals surface area contributed by atoms with Gasteiger partial charge >= 0.3 is 0 Å². The van der Waals surface area contributed by atoms with Crippen LogP contribution in [-0.2, 0) is 6.54 Å². The zero-order valence-corrected chi connectivity index (χ0v) is 16.6. The van der Waals surface area contributed by atoms with Crippen molar-refractivity contribution in [2.24, 2.45) is 5.73 Å². The monoisotopic (exact) mass is 393 g/mol. The quantitative estimate of drug-likeness (QED) is 0.647. The zero-order valence-electron chi connectivity index (χ0n) is 15.0. The lowest BCUT2D eigenvalue weighted by Crippen LogP contribution is -2.03. The molecule has 3 aromatic rings. The molecule has 0 unspecified atom stereocenters. The minimum absolute atomic E-state index is 0. The largest absolute Gasteiger partial charge is 0.493 e. The smallest absolute Gasteiger partial charge is 0.124 e. The summed E-state index contributed by atoms with van der Waals surface area (Å²) >= 11 is 0. The number of aryl methyl sites for hydroxylation is 1. The molecule has 2 aromatic carbocycles. The molecule has 0 radical (unpaired) electrons. The van der Waals surface area contributed by atoms with Crippen LogP contribution in [-0.4, -0.2) is 11.6 Å². The molecule has 3 rings (SSSR count). The number of nitrogens with two attached hydrogens (primary N) is 2. The molecule has 0 aliphatic heterocycles. The fourth-order valence-electron chi connectivity index (χ4n) is 2.88. The number of benzene rings is 2. The molecule has 0 aliphatic rings. The average Bonchev–Trinajstić information content (AvgIpc) is 2.59. The summed E-state index contributed by atoms with van der Waals surface area (Å²) in [5.74, 6) is 1.41. The molecule has 140 valence electrons. The number of hydrogen-bond acceptors (Lipinski definition) is 4. The van der Waals surface area contributed by atoms with Gasteiger partial charge in [0.1, 0.15) is 11.6 Å². The van der Waals surface area contributed by atoms with Gasteiger partial charge in [-0.1, -0.05) is 25.1 Å². The molecule has 0 amide bonds. The Morgan fingerprint density at radius 1 is 1.00 bits per heavy atom. The summed E-state index contributed by atoms with van der Waals surface area (Å²) in [6.07, 6.45) is 0.975. The van der Waals surface area contributed by atoms with Crippen LogP contribution in [0.15, 0.2) is 42.5 Å². The van der Waals surface area contributed by atoms with E-state index in [9.17, 15) is 0 Å². The molecule has 4 N–H and O–H groups in total. The van der Waals surface area contributed by atoms with Gasteiger partial charge < -0.3 is 16.2 Å². The van der Waals surface area contributed by atoms with Crippen LogP contribution in [0.2, 0.25) is 0 Å². The Morgan fingerprint density at radius 3 is 2.38 bits per heavy atom. The van der Waals surface area contributed by atoms with E-state index >= 15 is 0 Å². The Bertz CT molecular complexity index is 884. The lowest BCUT2D eigenvalue weighted by molar-refractivity contribution is 0.314. The van der Waals surface area contributed by atoms with E-state index in [1.807, 2.05) is 19.1 Å². The summed E-state index contributed by atoms with van der Waals surface area (Å²) < 4.78 is 5.76. The Hall–Kier alpha value is -2.01. The van der Waals surface area contributed by atoms with Gasteiger partial charge in [0.25, 0.3) is 0 Å². The van der Waals surface area contributed by atoms with Gasteiger partial charge in [0.2, 0.25) is 0 Å². The normalized spacial score (nSPS) is 10.1. The van der Waals surface area contributed by atoms with Crippen molar-refractivity contribution in [3.63, 3.8) is 0 Å². The van der Waals surface area contributed by atoms with Gasteiger partial charge in [-0.3, -0.25) is 0 Å². The van der Waals surface area contributed by atoms with Crippen molar-refractivity contribution in [1.82, 2.24) is 4.98 Å². The van der Waals surface area contributed by atoms with Crippen LogP contribution in [0.5, 0.6) is 5.75 Å². The van der Waals surface area contributed by atoms with Crippen LogP contribution < -0.4 is 16.2 Å². The van der Waals surface area contributed by atoms with Crippen LogP contribution in [0.25, 0.3) is 22.0 Å². The third kappa shape index (κ3) is 4.58. The van der Waals surface area contributed by atoms with Gasteiger partial charge in [-0.15, -0.1) is 24.8 Å². The number of pyridine rings is 1. The zero-order chi connectivity index (χ0) is 17.1. The number of aromatic nitrogens is 1. The Morgan fingerprint density at radius 2 is 1.69 bits per heavy atom. The molecule has 0 atom stereocenters. The van der Waals surface area contributed by atoms with E-state index < -0.39 is 0 Å². The number of anilines is 1. The second-order valence-electron chi connectivity index (χ2n) is 5.97. The second kappa shape index (κ2) is 9.62. The third-order valence-electron chi connectivity index (χ3n) is 4.11. The maximum Gasteiger partial charge on any atom is 0.124 e. The van der Waals surface area contributed by atoms with Crippen molar-refractivity contribution < 1.29 is 4.74 Å². The van der Waals surface area contributed by atoms with E-state index in [1.165, 1.54) is 0 Å². The summed E-state index contributed by atoms with van der Waals surface area (Å²) in [4.78, 5) is 4.45. The topological polar surface area (TPSA) is 74.2 Å². The van der Waals surface area contributed by atoms with Gasteiger partial charge in [0.05, 0.1) is 12.1 Å². The first kappa shape index (κ1) is 22.0. The molecule has 26 heavy (non-hydrogen) atoms. The Balaban J connectivity index is 0.00000169. The molecule has 0 fully saturated rings. The Kier molecular flexibility index (Phi) is 8.15. The first-order valence-corrected chi connectivity index (χ1v) is 8.25. The number of hydrogen-bond donors (Lipinski definition) is 2. The van der Waals surface area contributed by atoms with E-state index in [0.717, 1.165) is 45.3 Å². The maximum absolute atomic E-state index is 5.89. The molecule has 0 aliphatic carbocycles. The van der Waals surface area contributed by atoms with Crippen molar-refractivity contribution in [2.75, 3.05) is 12.3 Å². The van der Waals surface area contributed by atoms with E-state index in [-0.39, 0.29) is 24.8 Å². The van der Waals surface area contributed by atoms with Crippen molar-refractivity contribution in [1.29, 1.82) is 0 Å². The molecular weight excluding hydrogens is 369 g/mol. The van der Waals surface area contributed by atoms with Crippen LogP contribution in [0.3, 0.4) is 0 Å². The summed E-state index contributed by atoms with van der Waals surface area (Å²) in [7, 11) is 0. The standard InChI is InChI=1S/C20H23N3O.2ClH/c1-3-8-24-19-7-5-14(10-16(19)12-21)15-4-6-17-13(2)9-20(22)23-18(17)11-15;;/h4-7,9-11H,3,8,12,21H2,1-2H3,(H2,22,23);2*1H. The highest BCUT2D eigenvalue weighted by atomic mass is 35.5. The summed E-state index contributed by atoms with van der Waals surface area (Å²) in [5.41, 5.74) is 17.0. The van der Waals surface area contributed by atoms with Crippen molar-refractivity contribution in [3.05, 3.63) is 53.6 Å². The minimum Gasteiger partial charge on any atom is -0.493 e. The highest BCUT2D eigenvalue weighted by Gasteiger charge is 2.08. The van der Waals surface area contributed by atoms with Crippen LogP contribution in [0.1, 0.15) is 24.5 Å². The van der Waals surface area contributed by atoms with Crippen molar-refractivity contribution >= 4 is 41.5 Å². The van der Waals surface area contributed by atoms with E-state index in [0.29, 0.717) is 19.0 Å². The van der Waals surface area contributed by atoms with Crippen molar-refractivity contribution in [3.8, 4) is 16.9 Å². The Labute approximate surface area is 166 Å². The summed E-state index contributed by atoms with van der Waals surface area (Å²) in [6.45, 7) is 5.29. The summed E-state index contributed by atoms with van der Waals surface area (Å²) in [5, 5.41) is 1.12. The lowest BCUT2D eigenvalue weighted by Gasteiger charge is -2.12. The molecular formula is C20H25Cl2N3O. The highest BCUT2D eigenvalue weighted by molar-refractivity contribution is 5.88. The third-order valence-corrected chi connectivity index (χ3v) is 4.11. The van der Waals surface area contributed by atoms with E-state index in [1.54, 1.807) is 0 Å². The number of ether oxygens (including phenoxy) is 1. The number of nitrogen functional groups attached to an aromatic ring is 1. The van der Waals surface area contributed by atoms with Gasteiger partial charge in [-0.2, -0.15) is 0 Å². The SMILES string of the molecule is CCCOc1ccc(-c2ccc3c(C)cc(N)nc3c2)cc1CN.Cl.Cl. The van der Waals surface area contributed by atoms with Crippen molar-refractivity contribution in [2.45, 2.75) is 26.8 Å². The number of nitrogens with zero attached hydrogens (tertiary/aromatic N) is 1. The first-order valence-electron chi connectivity index (χ1n) is 8.25. The fourth-order valence-corrected chi connectivity index (χ4v) is 2.88. The van der Waals surface area contributed by atoms with Crippen LogP contribution >= 0.6 is 24.8 Å².